The van der Waals surface area contributed by atoms with Crippen LogP contribution >= 0.6 is 0 Å². The van der Waals surface area contributed by atoms with E-state index in [0.717, 1.165) is 0 Å². The normalized spacial score (nSPS) is 11.1. The van der Waals surface area contributed by atoms with E-state index in [2.05, 4.69) is 14.9 Å². The molecule has 0 saturated carbocycles. The van der Waals surface area contributed by atoms with Crippen LogP contribution < -0.4 is 15.9 Å². The number of ether oxygens (including phenoxy) is 1. The van der Waals surface area contributed by atoms with Crippen LogP contribution in [0, 0.1) is 6.92 Å². The first kappa shape index (κ1) is 17.1. The summed E-state index contributed by atoms with van der Waals surface area (Å²) in [6, 6.07) is 7.71. The fourth-order valence-corrected chi connectivity index (χ4v) is 2.64. The van der Waals surface area contributed by atoms with Gasteiger partial charge in [-0.2, -0.15) is 19.0 Å². The molecule has 0 unspecified atom stereocenters. The molecule has 1 heterocycles. The van der Waals surface area contributed by atoms with E-state index in [9.17, 15) is 18.8 Å². The van der Waals surface area contributed by atoms with Gasteiger partial charge >= 0.3 is 13.7 Å². The number of alkyl halides is 2. The van der Waals surface area contributed by atoms with Crippen molar-refractivity contribution in [3.05, 3.63) is 42.1 Å². The fraction of sp³-hybridized carbons (Fsp3) is 0.125. The quantitative estimate of drug-likeness (QED) is 0.619. The van der Waals surface area contributed by atoms with Crippen molar-refractivity contribution in [2.45, 2.75) is 13.5 Å². The SMILES string of the molecule is Cc1cc(OC(F)F)c(-c2ccc3c(N)cnnc3c2)cc1B(O)O. The highest BCUT2D eigenvalue weighted by Gasteiger charge is 2.20. The summed E-state index contributed by atoms with van der Waals surface area (Å²) in [5.41, 5.74) is 8.14. The smallest absolute Gasteiger partial charge is 0.434 e. The number of nitrogens with zero attached hydrogens (tertiary/aromatic N) is 2. The van der Waals surface area contributed by atoms with E-state index in [0.29, 0.717) is 27.7 Å². The third-order valence-electron chi connectivity index (χ3n) is 3.84. The number of aryl methyl sites for hydroxylation is 1. The summed E-state index contributed by atoms with van der Waals surface area (Å²) in [6.07, 6.45) is 1.42. The maximum Gasteiger partial charge on any atom is 0.488 e. The van der Waals surface area contributed by atoms with Crippen molar-refractivity contribution >= 4 is 29.2 Å². The van der Waals surface area contributed by atoms with Crippen molar-refractivity contribution in [1.82, 2.24) is 10.2 Å². The summed E-state index contributed by atoms with van der Waals surface area (Å²) < 4.78 is 30.1. The molecule has 0 aliphatic rings. The molecule has 0 aliphatic heterocycles. The molecule has 6 nitrogen and oxygen atoms in total. The summed E-state index contributed by atoms with van der Waals surface area (Å²) >= 11 is 0. The van der Waals surface area contributed by atoms with Gasteiger partial charge in [-0.25, -0.2) is 0 Å². The second kappa shape index (κ2) is 6.62. The Morgan fingerprint density at radius 3 is 2.64 bits per heavy atom. The number of halogens is 2. The molecule has 2 aromatic carbocycles. The average Bonchev–Trinajstić information content (AvgIpc) is 2.54. The Morgan fingerprint density at radius 2 is 1.96 bits per heavy atom. The van der Waals surface area contributed by atoms with Gasteiger partial charge in [0.2, 0.25) is 0 Å². The zero-order chi connectivity index (χ0) is 18.1. The number of hydrogen-bond acceptors (Lipinski definition) is 6. The van der Waals surface area contributed by atoms with E-state index < -0.39 is 13.7 Å². The molecule has 0 radical (unpaired) electrons. The number of rotatable bonds is 4. The maximum absolute atomic E-state index is 12.8. The number of nitrogen functional groups attached to an aromatic ring is 1. The van der Waals surface area contributed by atoms with Gasteiger partial charge in [0, 0.05) is 10.9 Å². The minimum absolute atomic E-state index is 0.0758. The molecule has 0 atom stereocenters. The topological polar surface area (TPSA) is 101 Å². The largest absolute Gasteiger partial charge is 0.488 e. The second-order valence-corrected chi connectivity index (χ2v) is 5.49. The van der Waals surface area contributed by atoms with Gasteiger partial charge in [0.15, 0.2) is 0 Å². The predicted octanol–water partition coefficient (Wildman–Crippen LogP) is 1.47. The molecule has 0 saturated heterocycles. The standard InChI is InChI=1S/C16H14BF2N3O3/c1-8-4-15(25-16(18)19)11(6-12(8)17(23)24)9-2-3-10-13(20)7-21-22-14(10)5-9/h2-7,16,23-24H,1H3,(H2,20,22). The number of aromatic nitrogens is 2. The second-order valence-electron chi connectivity index (χ2n) is 5.49. The summed E-state index contributed by atoms with van der Waals surface area (Å²) in [5.74, 6) is -0.0758. The van der Waals surface area contributed by atoms with Gasteiger partial charge in [-0.15, -0.1) is 0 Å². The van der Waals surface area contributed by atoms with Gasteiger partial charge < -0.3 is 20.5 Å². The average molecular weight is 345 g/mol. The van der Waals surface area contributed by atoms with Crippen LogP contribution in [0.2, 0.25) is 0 Å². The minimum atomic E-state index is -3.01. The molecule has 0 amide bonds. The van der Waals surface area contributed by atoms with Gasteiger partial charge in [-0.05, 0) is 41.7 Å². The van der Waals surface area contributed by atoms with Crippen LogP contribution in [0.3, 0.4) is 0 Å². The lowest BCUT2D eigenvalue weighted by atomic mass is 9.76. The van der Waals surface area contributed by atoms with Gasteiger partial charge in [0.1, 0.15) is 5.75 Å². The maximum atomic E-state index is 12.8. The molecule has 25 heavy (non-hydrogen) atoms. The molecule has 9 heteroatoms. The third-order valence-corrected chi connectivity index (χ3v) is 3.84. The van der Waals surface area contributed by atoms with Crippen LogP contribution in [-0.2, 0) is 0 Å². The minimum Gasteiger partial charge on any atom is -0.434 e. The Bertz CT molecular complexity index is 938. The molecule has 0 aliphatic carbocycles. The first-order chi connectivity index (χ1) is 11.9. The van der Waals surface area contributed by atoms with Crippen LogP contribution in [0.25, 0.3) is 22.0 Å². The van der Waals surface area contributed by atoms with Crippen molar-refractivity contribution in [2.75, 3.05) is 5.73 Å². The van der Waals surface area contributed by atoms with E-state index in [-0.39, 0.29) is 16.8 Å². The molecule has 3 rings (SSSR count). The first-order valence-corrected chi connectivity index (χ1v) is 7.33. The van der Waals surface area contributed by atoms with Crippen molar-refractivity contribution in [2.24, 2.45) is 0 Å². The Hall–Kier alpha value is -2.78. The monoisotopic (exact) mass is 345 g/mol. The van der Waals surface area contributed by atoms with Crippen LogP contribution in [0.4, 0.5) is 14.5 Å². The first-order valence-electron chi connectivity index (χ1n) is 7.33. The summed E-state index contributed by atoms with van der Waals surface area (Å²) in [4.78, 5) is 0. The number of anilines is 1. The molecule has 0 fully saturated rings. The summed E-state index contributed by atoms with van der Waals surface area (Å²) in [6.45, 7) is -1.44. The molecule has 4 N–H and O–H groups in total. The molecule has 0 bridgehead atoms. The number of hydrogen-bond donors (Lipinski definition) is 3. The van der Waals surface area contributed by atoms with Gasteiger partial charge in [0.05, 0.1) is 17.4 Å². The van der Waals surface area contributed by atoms with Crippen LogP contribution in [-0.4, -0.2) is 34.0 Å². The Morgan fingerprint density at radius 1 is 1.20 bits per heavy atom. The van der Waals surface area contributed by atoms with E-state index in [1.165, 1.54) is 18.3 Å². The highest BCUT2D eigenvalue weighted by Crippen LogP contribution is 2.33. The zero-order valence-electron chi connectivity index (χ0n) is 13.1. The van der Waals surface area contributed by atoms with Crippen LogP contribution in [0.15, 0.2) is 36.5 Å². The molecular formula is C16H14BF2N3O3. The van der Waals surface area contributed by atoms with E-state index >= 15 is 0 Å². The lowest BCUT2D eigenvalue weighted by molar-refractivity contribution is -0.0494. The highest BCUT2D eigenvalue weighted by atomic mass is 19.3. The van der Waals surface area contributed by atoms with Crippen molar-refractivity contribution in [3.63, 3.8) is 0 Å². The number of nitrogens with two attached hydrogens (primary N) is 1. The van der Waals surface area contributed by atoms with Gasteiger partial charge in [-0.1, -0.05) is 12.1 Å². The fourth-order valence-electron chi connectivity index (χ4n) is 2.64. The van der Waals surface area contributed by atoms with Gasteiger partial charge in [-0.3, -0.25) is 0 Å². The zero-order valence-corrected chi connectivity index (χ0v) is 13.1. The molecule has 1 aromatic heterocycles. The van der Waals surface area contributed by atoms with Crippen LogP contribution in [0.1, 0.15) is 5.56 Å². The van der Waals surface area contributed by atoms with E-state index in [1.54, 1.807) is 25.1 Å². The Labute approximate surface area is 142 Å². The van der Waals surface area contributed by atoms with Crippen LogP contribution in [0.5, 0.6) is 5.75 Å². The molecule has 0 spiro atoms. The lowest BCUT2D eigenvalue weighted by Crippen LogP contribution is -2.32. The predicted molar refractivity (Wildman–Crippen MR) is 90.6 cm³/mol. The number of fused-ring (bicyclic) bond motifs is 1. The molecular weight excluding hydrogens is 331 g/mol. The Kier molecular flexibility index (Phi) is 4.52. The van der Waals surface area contributed by atoms with Crippen molar-refractivity contribution in [3.8, 4) is 16.9 Å². The van der Waals surface area contributed by atoms with Crippen molar-refractivity contribution < 1.29 is 23.6 Å². The van der Waals surface area contributed by atoms with Gasteiger partial charge in [0.25, 0.3) is 0 Å². The third kappa shape index (κ3) is 3.37. The molecule has 3 aromatic rings. The summed E-state index contributed by atoms with van der Waals surface area (Å²) in [5, 5.41) is 27.4. The Balaban J connectivity index is 2.21. The molecule has 128 valence electrons. The lowest BCUT2D eigenvalue weighted by Gasteiger charge is -2.15. The number of benzene rings is 2. The van der Waals surface area contributed by atoms with E-state index in [4.69, 9.17) is 5.73 Å². The highest BCUT2D eigenvalue weighted by molar-refractivity contribution is 6.59. The summed E-state index contributed by atoms with van der Waals surface area (Å²) in [7, 11) is -1.74. The van der Waals surface area contributed by atoms with Crippen molar-refractivity contribution in [1.29, 1.82) is 0 Å². The van der Waals surface area contributed by atoms with E-state index in [1.807, 2.05) is 0 Å².